The van der Waals surface area contributed by atoms with E-state index in [0.717, 1.165) is 34.6 Å². The van der Waals surface area contributed by atoms with Crippen LogP contribution in [0.3, 0.4) is 0 Å². The Morgan fingerprint density at radius 3 is 1.71 bits per heavy atom. The molecule has 0 saturated heterocycles. The number of rotatable bonds is 26. The molecule has 0 aromatic heterocycles. The normalized spacial score (nSPS) is 13.1. The van der Waals surface area contributed by atoms with Crippen LogP contribution in [0.5, 0.6) is 5.75 Å². The summed E-state index contributed by atoms with van der Waals surface area (Å²) in [5.74, 6) is 0.807. The lowest BCUT2D eigenvalue weighted by Gasteiger charge is -2.36. The number of methoxy groups -OCH3 is 1. The highest BCUT2D eigenvalue weighted by Crippen LogP contribution is 2.57. The monoisotopic (exact) mass is 799 g/mol. The van der Waals surface area contributed by atoms with E-state index in [2.05, 4.69) is 127 Å². The van der Waals surface area contributed by atoms with Gasteiger partial charge in [-0.3, -0.25) is 0 Å². The highest BCUT2D eigenvalue weighted by atomic mass is 16.6. The molecular weight excluding hydrogens is 733 g/mol. The van der Waals surface area contributed by atoms with Crippen molar-refractivity contribution in [3.05, 3.63) is 117 Å². The summed E-state index contributed by atoms with van der Waals surface area (Å²) in [5.41, 5.74) is 12.5. The summed E-state index contributed by atoms with van der Waals surface area (Å²) in [5, 5.41) is 8.96. The maximum absolute atomic E-state index is 8.96. The fourth-order valence-electron chi connectivity index (χ4n) is 7.65. The van der Waals surface area contributed by atoms with Gasteiger partial charge in [0.05, 0.1) is 111 Å². The van der Waals surface area contributed by atoms with E-state index in [4.69, 9.17) is 38.3 Å². The lowest BCUT2D eigenvalue weighted by molar-refractivity contribution is -0.901. The zero-order valence-electron chi connectivity index (χ0n) is 36.2. The Bertz CT molecular complexity index is 1840. The molecule has 0 amide bonds. The Balaban J connectivity index is 1.57. The van der Waals surface area contributed by atoms with Crippen molar-refractivity contribution in [2.75, 3.05) is 126 Å². The highest BCUT2D eigenvalue weighted by molar-refractivity contribution is 5.87. The maximum atomic E-state index is 8.96. The predicted molar refractivity (Wildman–Crippen MR) is 231 cm³/mol. The van der Waals surface area contributed by atoms with Gasteiger partial charge in [-0.15, -0.1) is 0 Å². The molecule has 10 nitrogen and oxygen atoms in total. The first kappa shape index (κ1) is 45.2. The molecule has 0 spiro atoms. The Morgan fingerprint density at radius 2 is 1.14 bits per heavy atom. The van der Waals surface area contributed by atoms with Gasteiger partial charge in [0.2, 0.25) is 0 Å². The van der Waals surface area contributed by atoms with Gasteiger partial charge in [0.25, 0.3) is 0 Å². The summed E-state index contributed by atoms with van der Waals surface area (Å²) in [6, 6.07) is 27.5. The van der Waals surface area contributed by atoms with E-state index >= 15 is 0 Å². The van der Waals surface area contributed by atoms with Gasteiger partial charge in [-0.2, -0.15) is 0 Å². The van der Waals surface area contributed by atoms with Gasteiger partial charge < -0.3 is 47.6 Å². The van der Waals surface area contributed by atoms with Crippen LogP contribution in [-0.4, -0.2) is 131 Å². The smallest absolute Gasteiger partial charge is 0.143 e. The Hall–Kier alpha value is -3.84. The third-order valence-corrected chi connectivity index (χ3v) is 10.9. The van der Waals surface area contributed by atoms with Crippen molar-refractivity contribution in [3.63, 3.8) is 0 Å². The first-order valence-corrected chi connectivity index (χ1v) is 20.7. The number of anilines is 1. The maximum Gasteiger partial charge on any atom is 0.143 e. The summed E-state index contributed by atoms with van der Waals surface area (Å²) in [7, 11) is 10.3. The molecule has 0 aliphatic heterocycles. The van der Waals surface area contributed by atoms with Crippen LogP contribution in [0.4, 0.5) is 5.69 Å². The summed E-state index contributed by atoms with van der Waals surface area (Å²) in [4.78, 5) is 2.10. The second-order valence-corrected chi connectivity index (χ2v) is 15.9. The molecule has 5 rings (SSSR count). The first-order chi connectivity index (χ1) is 28.0. The van der Waals surface area contributed by atoms with E-state index in [1.165, 1.54) is 50.1 Å². The molecule has 0 unspecified atom stereocenters. The molecule has 1 N–H and O–H groups in total. The van der Waals surface area contributed by atoms with Crippen LogP contribution >= 0.6 is 0 Å². The second-order valence-electron chi connectivity index (χ2n) is 15.9. The summed E-state index contributed by atoms with van der Waals surface area (Å²) < 4.78 is 41.4. The van der Waals surface area contributed by atoms with Crippen LogP contribution in [0.15, 0.2) is 72.8 Å². The van der Waals surface area contributed by atoms with E-state index in [0.29, 0.717) is 79.3 Å². The third-order valence-electron chi connectivity index (χ3n) is 10.9. The van der Waals surface area contributed by atoms with Crippen LogP contribution in [-0.2, 0) is 47.0 Å². The minimum absolute atomic E-state index is 0.00852. The summed E-state index contributed by atoms with van der Waals surface area (Å²) in [6.07, 6.45) is 0. The van der Waals surface area contributed by atoms with E-state index in [9.17, 15) is 0 Å². The fourth-order valence-corrected chi connectivity index (χ4v) is 7.65. The van der Waals surface area contributed by atoms with Gasteiger partial charge in [0, 0.05) is 26.8 Å². The summed E-state index contributed by atoms with van der Waals surface area (Å²) >= 11 is 0. The Morgan fingerprint density at radius 1 is 0.603 bits per heavy atom. The van der Waals surface area contributed by atoms with Crippen molar-refractivity contribution in [2.24, 2.45) is 0 Å². The van der Waals surface area contributed by atoms with Gasteiger partial charge >= 0.3 is 0 Å². The molecule has 0 heterocycles. The molecule has 1 aliphatic carbocycles. The minimum atomic E-state index is -0.637. The van der Waals surface area contributed by atoms with Crippen LogP contribution in [0, 0.1) is 13.8 Å². The molecule has 4 aromatic rings. The number of aliphatic hydroxyl groups is 1. The number of hydrogen-bond donors (Lipinski definition) is 1. The van der Waals surface area contributed by atoms with Crippen LogP contribution in [0.1, 0.15) is 51.4 Å². The lowest BCUT2D eigenvalue weighted by atomic mass is 9.66. The number of fused-ring (bicyclic) bond motifs is 3. The number of quaternary nitrogens is 1. The molecular formula is C48H67N2O8+. The summed E-state index contributed by atoms with van der Waals surface area (Å²) in [6.45, 7) is 14.1. The van der Waals surface area contributed by atoms with E-state index in [1.54, 1.807) is 7.11 Å². The molecule has 0 bridgehead atoms. The topological polar surface area (TPSA) is 88.1 Å². The van der Waals surface area contributed by atoms with Gasteiger partial charge in [-0.1, -0.05) is 71.8 Å². The Labute approximate surface area is 347 Å². The highest BCUT2D eigenvalue weighted by Gasteiger charge is 2.47. The van der Waals surface area contributed by atoms with E-state index < -0.39 is 5.41 Å². The molecule has 1 aliphatic rings. The molecule has 0 saturated carbocycles. The number of hydrogen-bond acceptors (Lipinski definition) is 9. The minimum Gasteiger partial charge on any atom is -0.489 e. The van der Waals surface area contributed by atoms with Gasteiger partial charge in [0.15, 0.2) is 0 Å². The number of benzene rings is 4. The van der Waals surface area contributed by atoms with Crippen molar-refractivity contribution < 1.29 is 42.7 Å². The average molecular weight is 800 g/mol. The SMILES string of the molecule is CC[N+](C)(C)Cc1ccc(C2(c3ccc(N(C)C)c(OCCOCCOCCOC)c3)c3cc(C)ccc3-c3ccc(C)cc32)cc1COCCOCCOCCO. The van der Waals surface area contributed by atoms with Gasteiger partial charge in [0.1, 0.15) is 18.9 Å². The molecule has 316 valence electrons. The van der Waals surface area contributed by atoms with Crippen molar-refractivity contribution >= 4 is 5.69 Å². The Kier molecular flexibility index (Phi) is 17.1. The molecule has 10 heteroatoms. The fraction of sp³-hybridized carbons (Fsp3) is 0.500. The van der Waals surface area contributed by atoms with Crippen molar-refractivity contribution in [2.45, 2.75) is 39.3 Å². The predicted octanol–water partition coefficient (Wildman–Crippen LogP) is 6.93. The molecule has 0 radical (unpaired) electrons. The van der Waals surface area contributed by atoms with E-state index in [-0.39, 0.29) is 6.61 Å². The zero-order valence-corrected chi connectivity index (χ0v) is 36.2. The number of aryl methyl sites for hydroxylation is 2. The largest absolute Gasteiger partial charge is 0.489 e. The standard InChI is InChI=1S/C48H67N2O8/c1-9-50(6,7)34-38-12-13-40(32-39(38)35-57-27-26-55-23-22-53-19-18-51)48(44-30-36(2)10-15-42(44)43-16-11-37(3)31-45(43)48)41-14-17-46(49(4)5)47(33-41)58-29-28-56-25-24-54-21-20-52-8/h10-17,30-33,51H,9,18-29,34-35H2,1-8H3/q+1. The third kappa shape index (κ3) is 11.2. The lowest BCUT2D eigenvalue weighted by Crippen LogP contribution is -2.38. The van der Waals surface area contributed by atoms with Crippen LogP contribution in [0.2, 0.25) is 0 Å². The second kappa shape index (κ2) is 22.0. The van der Waals surface area contributed by atoms with Crippen molar-refractivity contribution in [1.29, 1.82) is 0 Å². The zero-order chi connectivity index (χ0) is 41.5. The number of nitrogens with zero attached hydrogens (tertiary/aromatic N) is 2. The van der Waals surface area contributed by atoms with E-state index in [1.807, 2.05) is 0 Å². The van der Waals surface area contributed by atoms with Crippen LogP contribution in [0.25, 0.3) is 11.1 Å². The van der Waals surface area contributed by atoms with Gasteiger partial charge in [-0.25, -0.2) is 0 Å². The molecule has 58 heavy (non-hydrogen) atoms. The molecule has 4 aromatic carbocycles. The first-order valence-electron chi connectivity index (χ1n) is 20.7. The van der Waals surface area contributed by atoms with Gasteiger partial charge in [-0.05, 0) is 71.8 Å². The van der Waals surface area contributed by atoms with Crippen molar-refractivity contribution in [3.8, 4) is 16.9 Å². The average Bonchev–Trinajstić information content (AvgIpc) is 3.48. The van der Waals surface area contributed by atoms with Crippen LogP contribution < -0.4 is 9.64 Å². The molecule has 0 fully saturated rings. The quantitative estimate of drug-likeness (QED) is 0.0473. The number of aliphatic hydroxyl groups excluding tert-OH is 1. The molecule has 0 atom stereocenters. The van der Waals surface area contributed by atoms with Crippen molar-refractivity contribution in [1.82, 2.24) is 0 Å². The number of ether oxygens (including phenoxy) is 7.